The first kappa shape index (κ1) is 19.1. The maximum absolute atomic E-state index is 13.2. The summed E-state index contributed by atoms with van der Waals surface area (Å²) >= 11 is 0. The van der Waals surface area contributed by atoms with Gasteiger partial charge < -0.3 is 10.0 Å². The normalized spacial score (nSPS) is 19.4. The van der Waals surface area contributed by atoms with Gasteiger partial charge in [0.05, 0.1) is 17.4 Å². The van der Waals surface area contributed by atoms with E-state index in [0.717, 1.165) is 25.2 Å². The lowest BCUT2D eigenvalue weighted by Crippen LogP contribution is -2.47. The van der Waals surface area contributed by atoms with Crippen LogP contribution in [0, 0.1) is 23.1 Å². The maximum atomic E-state index is 13.2. The molecule has 0 aliphatic carbocycles. The van der Waals surface area contributed by atoms with Gasteiger partial charge in [-0.1, -0.05) is 37.8 Å². The molecule has 140 valence electrons. The lowest BCUT2D eigenvalue weighted by molar-refractivity contribution is -0.00703. The van der Waals surface area contributed by atoms with Crippen LogP contribution in [0.1, 0.15) is 44.1 Å². The first-order valence-corrected chi connectivity index (χ1v) is 9.08. The molecule has 0 amide bonds. The average Bonchev–Trinajstić information content (AvgIpc) is 2.64. The van der Waals surface area contributed by atoms with Gasteiger partial charge in [-0.3, -0.25) is 0 Å². The molecule has 0 spiro atoms. The molecule has 1 aromatic heterocycles. The Morgan fingerprint density at radius 3 is 2.59 bits per heavy atom. The van der Waals surface area contributed by atoms with Crippen molar-refractivity contribution in [3.63, 3.8) is 0 Å². The highest BCUT2D eigenvalue weighted by molar-refractivity contribution is 5.58. The number of benzene rings is 1. The minimum atomic E-state index is -0.305. The number of nitrogens with zero attached hydrogens (tertiary/aromatic N) is 3. The second-order valence-corrected chi connectivity index (χ2v) is 7.44. The number of aliphatic hydroxyl groups excluding tert-OH is 1. The van der Waals surface area contributed by atoms with Gasteiger partial charge >= 0.3 is 0 Å². The lowest BCUT2D eigenvalue weighted by Gasteiger charge is -2.43. The van der Waals surface area contributed by atoms with Gasteiger partial charge in [-0.25, -0.2) is 14.4 Å². The van der Waals surface area contributed by atoms with Crippen LogP contribution in [-0.2, 0) is 0 Å². The molecule has 1 atom stereocenters. The molecule has 0 saturated carbocycles. The molecule has 1 unspecified atom stereocenters. The number of aliphatic hydroxyl groups is 1. The van der Waals surface area contributed by atoms with Crippen molar-refractivity contribution in [2.75, 3.05) is 13.1 Å². The van der Waals surface area contributed by atoms with Gasteiger partial charge in [0.25, 0.3) is 0 Å². The van der Waals surface area contributed by atoms with E-state index in [9.17, 15) is 9.50 Å². The van der Waals surface area contributed by atoms with Gasteiger partial charge in [0, 0.05) is 36.5 Å². The molecule has 2 heterocycles. The van der Waals surface area contributed by atoms with E-state index in [-0.39, 0.29) is 17.3 Å². The zero-order valence-electron chi connectivity index (χ0n) is 15.9. The molecule has 1 fully saturated rings. The molecule has 0 bridgehead atoms. The van der Waals surface area contributed by atoms with Crippen LogP contribution in [0.5, 0.6) is 0 Å². The highest BCUT2D eigenvalue weighted by atomic mass is 19.1. The van der Waals surface area contributed by atoms with Gasteiger partial charge in [0.1, 0.15) is 5.82 Å². The lowest BCUT2D eigenvalue weighted by atomic mass is 9.81. The molecule has 5 heteroatoms. The van der Waals surface area contributed by atoms with Crippen LogP contribution >= 0.6 is 0 Å². The molecule has 0 radical (unpaired) electrons. The van der Waals surface area contributed by atoms with Gasteiger partial charge in [-0.05, 0) is 31.5 Å². The standard InChI is InChI=1S/C22H24FN3O/c1-4-19(26-11-10-20(27)22(2,3)15-26)21-24-13-17(14-25-21)9-8-16-6-5-7-18(23)12-16/h4-7,12-14,20,27H,10-11,15H2,1-3H3. The Morgan fingerprint density at radius 2 is 1.96 bits per heavy atom. The van der Waals surface area contributed by atoms with Crippen molar-refractivity contribution < 1.29 is 9.50 Å². The molecule has 27 heavy (non-hydrogen) atoms. The number of hydrogen-bond acceptors (Lipinski definition) is 4. The summed E-state index contributed by atoms with van der Waals surface area (Å²) in [5.74, 6) is 6.22. The Morgan fingerprint density at radius 1 is 1.26 bits per heavy atom. The fraction of sp³-hybridized carbons (Fsp3) is 0.364. The van der Waals surface area contributed by atoms with E-state index in [1.54, 1.807) is 24.5 Å². The van der Waals surface area contributed by atoms with Crippen LogP contribution in [0.4, 0.5) is 4.39 Å². The first-order chi connectivity index (χ1) is 12.9. The Hall–Kier alpha value is -2.71. The Kier molecular flexibility index (Phi) is 5.57. The van der Waals surface area contributed by atoms with Crippen LogP contribution in [0.3, 0.4) is 0 Å². The van der Waals surface area contributed by atoms with E-state index in [1.165, 1.54) is 12.1 Å². The number of likely N-dealkylation sites (tertiary alicyclic amines) is 1. The van der Waals surface area contributed by atoms with Crippen molar-refractivity contribution in [1.82, 2.24) is 14.9 Å². The van der Waals surface area contributed by atoms with E-state index in [4.69, 9.17) is 0 Å². The molecule has 1 aliphatic rings. The molecular formula is C22H24FN3O. The summed E-state index contributed by atoms with van der Waals surface area (Å²) in [5.41, 5.74) is 2.07. The summed E-state index contributed by atoms with van der Waals surface area (Å²) in [6, 6.07) is 6.18. The van der Waals surface area contributed by atoms with E-state index in [1.807, 2.05) is 13.0 Å². The van der Waals surface area contributed by atoms with E-state index >= 15 is 0 Å². The number of rotatable bonds is 2. The van der Waals surface area contributed by atoms with Crippen molar-refractivity contribution >= 4 is 5.70 Å². The Labute approximate surface area is 159 Å². The summed E-state index contributed by atoms with van der Waals surface area (Å²) in [5, 5.41) is 10.2. The van der Waals surface area contributed by atoms with Crippen molar-refractivity contribution in [2.45, 2.75) is 33.3 Å². The highest BCUT2D eigenvalue weighted by Crippen LogP contribution is 2.32. The van der Waals surface area contributed by atoms with E-state index < -0.39 is 0 Å². The van der Waals surface area contributed by atoms with E-state index in [0.29, 0.717) is 17.0 Å². The summed E-state index contributed by atoms with van der Waals surface area (Å²) < 4.78 is 13.2. The number of aromatic nitrogens is 2. The maximum Gasteiger partial charge on any atom is 0.175 e. The Bertz CT molecular complexity index is 894. The van der Waals surface area contributed by atoms with Crippen LogP contribution in [0.2, 0.25) is 0 Å². The molecule has 1 aliphatic heterocycles. The van der Waals surface area contributed by atoms with Gasteiger partial charge in [0.2, 0.25) is 0 Å². The predicted molar refractivity (Wildman–Crippen MR) is 104 cm³/mol. The number of allylic oxidation sites excluding steroid dienone is 1. The van der Waals surface area contributed by atoms with Crippen LogP contribution in [0.25, 0.3) is 5.70 Å². The fourth-order valence-corrected chi connectivity index (χ4v) is 3.24. The minimum Gasteiger partial charge on any atom is -0.392 e. The molecular weight excluding hydrogens is 341 g/mol. The summed E-state index contributed by atoms with van der Waals surface area (Å²) in [6.07, 6.45) is 5.79. The van der Waals surface area contributed by atoms with Crippen molar-refractivity contribution in [3.8, 4) is 11.8 Å². The molecule has 4 nitrogen and oxygen atoms in total. The smallest absolute Gasteiger partial charge is 0.175 e. The number of hydrogen-bond donors (Lipinski definition) is 1. The quantitative estimate of drug-likeness (QED) is 0.828. The topological polar surface area (TPSA) is 49.2 Å². The highest BCUT2D eigenvalue weighted by Gasteiger charge is 2.35. The molecule has 1 N–H and O–H groups in total. The fourth-order valence-electron chi connectivity index (χ4n) is 3.24. The second kappa shape index (κ2) is 7.89. The van der Waals surface area contributed by atoms with Crippen molar-refractivity contribution in [1.29, 1.82) is 0 Å². The minimum absolute atomic E-state index is 0.178. The monoisotopic (exact) mass is 365 g/mol. The van der Waals surface area contributed by atoms with Crippen LogP contribution < -0.4 is 0 Å². The van der Waals surface area contributed by atoms with Crippen LogP contribution in [0.15, 0.2) is 42.7 Å². The summed E-state index contributed by atoms with van der Waals surface area (Å²) in [6.45, 7) is 7.63. The number of halogens is 1. The van der Waals surface area contributed by atoms with E-state index in [2.05, 4.69) is 40.6 Å². The first-order valence-electron chi connectivity index (χ1n) is 9.08. The van der Waals surface area contributed by atoms with Crippen molar-refractivity contribution in [3.05, 3.63) is 65.5 Å². The zero-order valence-corrected chi connectivity index (χ0v) is 15.9. The SMILES string of the molecule is CC=C(c1ncc(C#Cc2cccc(F)c2)cn1)N1CCC(O)C(C)(C)C1. The Balaban J connectivity index is 1.76. The predicted octanol–water partition coefficient (Wildman–Crippen LogP) is 3.47. The van der Waals surface area contributed by atoms with Gasteiger partial charge in [-0.2, -0.15) is 0 Å². The van der Waals surface area contributed by atoms with Crippen LogP contribution in [-0.4, -0.2) is 39.2 Å². The molecule has 1 saturated heterocycles. The van der Waals surface area contributed by atoms with Crippen molar-refractivity contribution in [2.24, 2.45) is 5.41 Å². The van der Waals surface area contributed by atoms with Gasteiger partial charge in [0.15, 0.2) is 5.82 Å². The average molecular weight is 365 g/mol. The summed E-state index contributed by atoms with van der Waals surface area (Å²) in [7, 11) is 0. The molecule has 3 rings (SSSR count). The largest absolute Gasteiger partial charge is 0.392 e. The third-order valence-corrected chi connectivity index (χ3v) is 4.84. The third kappa shape index (κ3) is 4.53. The second-order valence-electron chi connectivity index (χ2n) is 7.44. The zero-order chi connectivity index (χ0) is 19.4. The number of piperidine rings is 1. The molecule has 2 aromatic rings. The van der Waals surface area contributed by atoms with Gasteiger partial charge in [-0.15, -0.1) is 0 Å². The molecule has 1 aromatic carbocycles. The third-order valence-electron chi connectivity index (χ3n) is 4.84. The summed E-state index contributed by atoms with van der Waals surface area (Å²) in [4.78, 5) is 11.1.